The highest BCUT2D eigenvalue weighted by Crippen LogP contribution is 2.22. The van der Waals surface area contributed by atoms with Crippen LogP contribution in [0, 0.1) is 5.41 Å². The molecule has 0 saturated carbocycles. The van der Waals surface area contributed by atoms with Gasteiger partial charge in [0.1, 0.15) is 13.1 Å². The van der Waals surface area contributed by atoms with Crippen molar-refractivity contribution < 1.29 is 47.0 Å². The minimum Gasteiger partial charge on any atom is -0.462 e. The standard InChI is InChI=1S/C41H84N2O8/c1-9-13-15-17-19-21-23-25-29-46-35-41(36-47-30-26-24-22-20-18-16-14-10-2,37-48-31-27-42(5,6)33-39(44)50-11-3)38-49-32-28-43(7,8)34-40(45)51-12-4/h9-38H2,1-8H3/q+2. The van der Waals surface area contributed by atoms with Gasteiger partial charge >= 0.3 is 11.9 Å². The average Bonchev–Trinajstić information content (AvgIpc) is 3.06. The topological polar surface area (TPSA) is 89.5 Å². The van der Waals surface area contributed by atoms with Gasteiger partial charge in [-0.2, -0.15) is 0 Å². The molecule has 0 aliphatic carbocycles. The number of carbonyl (C=O) groups excluding carboxylic acids is 2. The van der Waals surface area contributed by atoms with E-state index in [0.717, 1.165) is 12.8 Å². The van der Waals surface area contributed by atoms with Crippen molar-refractivity contribution in [3.8, 4) is 0 Å². The van der Waals surface area contributed by atoms with E-state index in [1.165, 1.54) is 89.9 Å². The van der Waals surface area contributed by atoms with Gasteiger partial charge in [0, 0.05) is 13.2 Å². The first kappa shape index (κ1) is 49.7. The van der Waals surface area contributed by atoms with E-state index in [9.17, 15) is 9.59 Å². The number of esters is 2. The molecular weight excluding hydrogens is 648 g/mol. The molecule has 0 aromatic rings. The highest BCUT2D eigenvalue weighted by atomic mass is 16.5. The van der Waals surface area contributed by atoms with Gasteiger partial charge in [-0.25, -0.2) is 9.59 Å². The lowest BCUT2D eigenvalue weighted by Crippen LogP contribution is -2.48. The molecule has 0 aromatic carbocycles. The van der Waals surface area contributed by atoms with Crippen LogP contribution in [0.3, 0.4) is 0 Å². The zero-order valence-electron chi connectivity index (χ0n) is 34.9. The number of likely N-dealkylation sites (N-methyl/N-ethyl adjacent to an activating group) is 2. The molecule has 0 spiro atoms. The maximum absolute atomic E-state index is 12.1. The van der Waals surface area contributed by atoms with Crippen LogP contribution in [-0.2, 0) is 38.0 Å². The number of carbonyl (C=O) groups is 2. The fourth-order valence-corrected chi connectivity index (χ4v) is 5.97. The van der Waals surface area contributed by atoms with E-state index in [2.05, 4.69) is 13.8 Å². The van der Waals surface area contributed by atoms with Gasteiger partial charge in [0.15, 0.2) is 13.1 Å². The van der Waals surface area contributed by atoms with Crippen LogP contribution in [0.25, 0.3) is 0 Å². The Labute approximate surface area is 314 Å². The fourth-order valence-electron chi connectivity index (χ4n) is 5.97. The molecule has 51 heavy (non-hydrogen) atoms. The summed E-state index contributed by atoms with van der Waals surface area (Å²) in [6, 6.07) is 0. The molecule has 0 aliphatic heterocycles. The summed E-state index contributed by atoms with van der Waals surface area (Å²) in [5.41, 5.74) is -0.475. The van der Waals surface area contributed by atoms with Gasteiger partial charge in [0.05, 0.1) is 86.5 Å². The molecular formula is C41H84N2O8+2. The molecule has 0 amide bonds. The predicted octanol–water partition coefficient (Wildman–Crippen LogP) is 7.60. The van der Waals surface area contributed by atoms with Crippen molar-refractivity contribution >= 4 is 11.9 Å². The van der Waals surface area contributed by atoms with Crippen molar-refractivity contribution in [2.45, 2.75) is 130 Å². The quantitative estimate of drug-likeness (QED) is 0.0365. The summed E-state index contributed by atoms with van der Waals surface area (Å²) < 4.78 is 36.8. The molecule has 10 nitrogen and oxygen atoms in total. The van der Waals surface area contributed by atoms with Crippen molar-refractivity contribution in [1.82, 2.24) is 0 Å². The van der Waals surface area contributed by atoms with E-state index in [0.29, 0.717) is 101 Å². The third-order valence-electron chi connectivity index (χ3n) is 9.32. The second-order valence-electron chi connectivity index (χ2n) is 15.9. The summed E-state index contributed by atoms with van der Waals surface area (Å²) in [5.74, 6) is -0.392. The van der Waals surface area contributed by atoms with Crippen molar-refractivity contribution in [2.24, 2.45) is 5.41 Å². The zero-order valence-corrected chi connectivity index (χ0v) is 34.9. The first-order chi connectivity index (χ1) is 24.4. The Morgan fingerprint density at radius 1 is 0.431 bits per heavy atom. The predicted molar refractivity (Wildman–Crippen MR) is 208 cm³/mol. The molecule has 0 bridgehead atoms. The lowest BCUT2D eigenvalue weighted by molar-refractivity contribution is -0.883. The molecule has 0 atom stereocenters. The fraction of sp³-hybridized carbons (Fsp3) is 0.951. The first-order valence-electron chi connectivity index (χ1n) is 20.7. The number of unbranched alkanes of at least 4 members (excludes halogenated alkanes) is 14. The molecule has 304 valence electrons. The van der Waals surface area contributed by atoms with Crippen molar-refractivity contribution in [2.75, 3.05) is 120 Å². The number of ether oxygens (including phenoxy) is 6. The van der Waals surface area contributed by atoms with Crippen LogP contribution in [0.1, 0.15) is 130 Å². The molecule has 0 aliphatic rings. The number of hydrogen-bond donors (Lipinski definition) is 0. The van der Waals surface area contributed by atoms with E-state index >= 15 is 0 Å². The number of hydrogen-bond acceptors (Lipinski definition) is 8. The molecule has 0 N–H and O–H groups in total. The largest absolute Gasteiger partial charge is 0.462 e. The smallest absolute Gasteiger partial charge is 0.361 e. The van der Waals surface area contributed by atoms with E-state index in [4.69, 9.17) is 28.4 Å². The summed E-state index contributed by atoms with van der Waals surface area (Å²) in [7, 11) is 8.08. The Bertz CT molecular complexity index is 757. The molecule has 0 radical (unpaired) electrons. The van der Waals surface area contributed by atoms with Crippen LogP contribution in [-0.4, -0.2) is 141 Å². The van der Waals surface area contributed by atoms with Crippen molar-refractivity contribution in [3.63, 3.8) is 0 Å². The summed E-state index contributed by atoms with van der Waals surface area (Å²) in [6.07, 6.45) is 20.1. The minimum atomic E-state index is -0.475. The van der Waals surface area contributed by atoms with Gasteiger partial charge in [-0.05, 0) is 26.7 Å². The van der Waals surface area contributed by atoms with E-state index in [1.807, 2.05) is 42.0 Å². The van der Waals surface area contributed by atoms with Crippen molar-refractivity contribution in [1.29, 1.82) is 0 Å². The first-order valence-corrected chi connectivity index (χ1v) is 20.7. The maximum Gasteiger partial charge on any atom is 0.361 e. The Hall–Kier alpha value is -1.30. The molecule has 0 heterocycles. The normalized spacial score (nSPS) is 12.4. The highest BCUT2D eigenvalue weighted by molar-refractivity contribution is 5.70. The van der Waals surface area contributed by atoms with Crippen molar-refractivity contribution in [3.05, 3.63) is 0 Å². The van der Waals surface area contributed by atoms with Crippen LogP contribution in [0.2, 0.25) is 0 Å². The summed E-state index contributed by atoms with van der Waals surface area (Å²) in [4.78, 5) is 24.3. The Balaban J connectivity index is 5.40. The van der Waals surface area contributed by atoms with Gasteiger partial charge in [-0.15, -0.1) is 0 Å². The molecule has 0 saturated heterocycles. The number of quaternary nitrogens is 2. The second-order valence-corrected chi connectivity index (χ2v) is 15.9. The maximum atomic E-state index is 12.1. The average molecular weight is 733 g/mol. The van der Waals surface area contributed by atoms with E-state index in [1.54, 1.807) is 0 Å². The Morgan fingerprint density at radius 2 is 0.725 bits per heavy atom. The molecule has 0 unspecified atom stereocenters. The highest BCUT2D eigenvalue weighted by Gasteiger charge is 2.34. The second kappa shape index (κ2) is 32.2. The van der Waals surface area contributed by atoms with Crippen LogP contribution >= 0.6 is 0 Å². The zero-order chi connectivity index (χ0) is 38.1. The summed E-state index contributed by atoms with van der Waals surface area (Å²) in [6.45, 7) is 15.1. The molecule has 0 fully saturated rings. The third kappa shape index (κ3) is 30.8. The molecule has 10 heteroatoms. The van der Waals surface area contributed by atoms with E-state index < -0.39 is 5.41 Å². The van der Waals surface area contributed by atoms with Gasteiger partial charge in [0.2, 0.25) is 0 Å². The molecule has 0 aromatic heterocycles. The van der Waals surface area contributed by atoms with Gasteiger partial charge in [-0.1, -0.05) is 104 Å². The van der Waals surface area contributed by atoms with Crippen LogP contribution < -0.4 is 0 Å². The van der Waals surface area contributed by atoms with Crippen LogP contribution in [0.15, 0.2) is 0 Å². The monoisotopic (exact) mass is 733 g/mol. The number of rotatable bonds is 38. The number of nitrogens with zero attached hydrogens (tertiary/aromatic N) is 2. The van der Waals surface area contributed by atoms with Gasteiger partial charge in [-0.3, -0.25) is 0 Å². The Morgan fingerprint density at radius 3 is 1.04 bits per heavy atom. The van der Waals surface area contributed by atoms with Crippen LogP contribution in [0.5, 0.6) is 0 Å². The van der Waals surface area contributed by atoms with Crippen LogP contribution in [0.4, 0.5) is 0 Å². The minimum absolute atomic E-state index is 0.196. The van der Waals surface area contributed by atoms with Gasteiger partial charge in [0.25, 0.3) is 0 Å². The summed E-state index contributed by atoms with van der Waals surface area (Å²) >= 11 is 0. The third-order valence-corrected chi connectivity index (χ3v) is 9.32. The van der Waals surface area contributed by atoms with Gasteiger partial charge < -0.3 is 37.4 Å². The Kier molecular flexibility index (Phi) is 31.3. The lowest BCUT2D eigenvalue weighted by Gasteiger charge is -2.35. The van der Waals surface area contributed by atoms with E-state index in [-0.39, 0.29) is 11.9 Å². The summed E-state index contributed by atoms with van der Waals surface area (Å²) in [5, 5.41) is 0. The molecule has 0 rings (SSSR count). The SMILES string of the molecule is CCCCCCCCCCOCC(COCCCCCCCCCC)(COCC[N+](C)(C)CC(=O)OCC)COCC[N+](C)(C)CC(=O)OCC. The lowest BCUT2D eigenvalue weighted by atomic mass is 9.92.